The number of allylic oxidation sites excluding steroid dienone is 3. The molecule has 0 aliphatic heterocycles. The molecule has 1 rings (SSSR count). The third kappa shape index (κ3) is 3.02. The number of hydrogen-bond donors (Lipinski definition) is 0. The maximum Gasteiger partial charge on any atom is 0.159 e. The fourth-order valence-electron chi connectivity index (χ4n) is 1.61. The Labute approximate surface area is 85.6 Å². The van der Waals surface area contributed by atoms with E-state index < -0.39 is 0 Å². The quantitative estimate of drug-likeness (QED) is 0.632. The highest BCUT2D eigenvalue weighted by molar-refractivity contribution is 5.90. The minimum Gasteiger partial charge on any atom is -0.497 e. The molecule has 14 heavy (non-hydrogen) atoms. The van der Waals surface area contributed by atoms with Gasteiger partial charge in [0, 0.05) is 18.4 Å². The fourth-order valence-corrected chi connectivity index (χ4v) is 1.61. The van der Waals surface area contributed by atoms with Gasteiger partial charge in [0.25, 0.3) is 0 Å². The molecule has 0 saturated carbocycles. The van der Waals surface area contributed by atoms with Crippen LogP contribution >= 0.6 is 0 Å². The first kappa shape index (κ1) is 11.0. The molecule has 1 aliphatic carbocycles. The molecule has 0 aromatic rings. The molecule has 1 unspecified atom stereocenters. The summed E-state index contributed by atoms with van der Waals surface area (Å²) in [5.41, 5.74) is 1.27. The number of carbonyl (C=O) groups excluding carboxylic acids is 1. The van der Waals surface area contributed by atoms with Gasteiger partial charge in [0.15, 0.2) is 5.78 Å². The van der Waals surface area contributed by atoms with Crippen LogP contribution in [0.15, 0.2) is 23.5 Å². The van der Waals surface area contributed by atoms with Crippen LogP contribution in [0.4, 0.5) is 0 Å². The number of hydrogen-bond acceptors (Lipinski definition) is 2. The van der Waals surface area contributed by atoms with Crippen LogP contribution in [0.1, 0.15) is 33.6 Å². The second-order valence-electron chi connectivity index (χ2n) is 3.75. The van der Waals surface area contributed by atoms with Crippen LogP contribution in [0, 0.1) is 5.92 Å². The molecule has 0 amide bonds. The van der Waals surface area contributed by atoms with Gasteiger partial charge in [-0.3, -0.25) is 4.79 Å². The maximum atomic E-state index is 11.4. The first-order chi connectivity index (χ1) is 6.63. The summed E-state index contributed by atoms with van der Waals surface area (Å²) < 4.78 is 5.45. The van der Waals surface area contributed by atoms with Crippen LogP contribution in [-0.4, -0.2) is 12.4 Å². The van der Waals surface area contributed by atoms with Crippen molar-refractivity contribution in [3.05, 3.63) is 23.5 Å². The lowest BCUT2D eigenvalue weighted by Crippen LogP contribution is -2.08. The van der Waals surface area contributed by atoms with Gasteiger partial charge in [0.05, 0.1) is 6.61 Å². The van der Waals surface area contributed by atoms with Crippen molar-refractivity contribution in [1.29, 1.82) is 0 Å². The minimum absolute atomic E-state index is 0.174. The van der Waals surface area contributed by atoms with E-state index in [0.717, 1.165) is 12.2 Å². The van der Waals surface area contributed by atoms with E-state index in [1.165, 1.54) is 5.57 Å². The van der Waals surface area contributed by atoms with Gasteiger partial charge in [-0.15, -0.1) is 0 Å². The molecule has 0 spiro atoms. The van der Waals surface area contributed by atoms with Crippen molar-refractivity contribution in [3.8, 4) is 0 Å². The van der Waals surface area contributed by atoms with Gasteiger partial charge < -0.3 is 4.74 Å². The second kappa shape index (κ2) is 4.99. The predicted molar refractivity (Wildman–Crippen MR) is 56.9 cm³/mol. The summed E-state index contributed by atoms with van der Waals surface area (Å²) >= 11 is 0. The van der Waals surface area contributed by atoms with Crippen LogP contribution in [0.2, 0.25) is 0 Å². The van der Waals surface area contributed by atoms with E-state index in [-0.39, 0.29) is 11.7 Å². The first-order valence-electron chi connectivity index (χ1n) is 5.18. The predicted octanol–water partition coefficient (Wildman–Crippen LogP) is 2.85. The Hall–Kier alpha value is -1.05. The van der Waals surface area contributed by atoms with Crippen molar-refractivity contribution in [3.63, 3.8) is 0 Å². The summed E-state index contributed by atoms with van der Waals surface area (Å²) in [6.07, 6.45) is 5.30. The molecule has 0 aromatic heterocycles. The lowest BCUT2D eigenvalue weighted by Gasteiger charge is -2.16. The zero-order valence-corrected chi connectivity index (χ0v) is 9.17. The van der Waals surface area contributed by atoms with Gasteiger partial charge in [-0.2, -0.15) is 0 Å². The molecule has 0 N–H and O–H groups in total. The molecule has 0 bridgehead atoms. The standard InChI is InChI=1S/C12H18O2/c1-4-14-12-8-11(13)6-5-9(2)7-10(12)3/h7-8,10H,4-6H2,1-3H3/b9-7-,12-8+. The zero-order chi connectivity index (χ0) is 10.6. The van der Waals surface area contributed by atoms with Crippen molar-refractivity contribution in [1.82, 2.24) is 0 Å². The number of carbonyl (C=O) groups is 1. The molecule has 78 valence electrons. The highest BCUT2D eigenvalue weighted by Gasteiger charge is 2.13. The topological polar surface area (TPSA) is 26.3 Å². The monoisotopic (exact) mass is 194 g/mol. The largest absolute Gasteiger partial charge is 0.497 e. The Kier molecular flexibility index (Phi) is 3.93. The Morgan fingerprint density at radius 3 is 2.86 bits per heavy atom. The van der Waals surface area contributed by atoms with Gasteiger partial charge >= 0.3 is 0 Å². The highest BCUT2D eigenvalue weighted by Crippen LogP contribution is 2.20. The highest BCUT2D eigenvalue weighted by atomic mass is 16.5. The van der Waals surface area contributed by atoms with E-state index in [1.807, 2.05) is 6.92 Å². The number of ether oxygens (including phenoxy) is 1. The van der Waals surface area contributed by atoms with Crippen molar-refractivity contribution >= 4 is 5.78 Å². The molecule has 0 aromatic carbocycles. The van der Waals surface area contributed by atoms with Crippen LogP contribution in [0.25, 0.3) is 0 Å². The van der Waals surface area contributed by atoms with Gasteiger partial charge in [0.1, 0.15) is 5.76 Å². The van der Waals surface area contributed by atoms with Gasteiger partial charge in [0.2, 0.25) is 0 Å². The van der Waals surface area contributed by atoms with Crippen LogP contribution in [0.3, 0.4) is 0 Å². The van der Waals surface area contributed by atoms with Crippen LogP contribution < -0.4 is 0 Å². The summed E-state index contributed by atoms with van der Waals surface area (Å²) in [5.74, 6) is 1.20. The number of rotatable bonds is 2. The smallest absolute Gasteiger partial charge is 0.159 e. The third-order valence-corrected chi connectivity index (χ3v) is 2.36. The first-order valence-corrected chi connectivity index (χ1v) is 5.18. The normalized spacial score (nSPS) is 30.8. The molecule has 0 radical (unpaired) electrons. The maximum absolute atomic E-state index is 11.4. The van der Waals surface area contributed by atoms with Crippen molar-refractivity contribution in [2.45, 2.75) is 33.6 Å². The van der Waals surface area contributed by atoms with E-state index in [0.29, 0.717) is 13.0 Å². The SMILES string of the molecule is CCO/C1=C/C(=O)CC/C(C)=C\C1C. The average molecular weight is 194 g/mol. The molecule has 2 heteroatoms. The van der Waals surface area contributed by atoms with Gasteiger partial charge in [-0.25, -0.2) is 0 Å². The molecule has 1 aliphatic rings. The second-order valence-corrected chi connectivity index (χ2v) is 3.75. The fraction of sp³-hybridized carbons (Fsp3) is 0.583. The minimum atomic E-state index is 0.174. The van der Waals surface area contributed by atoms with Crippen molar-refractivity contribution < 1.29 is 9.53 Å². The molecule has 0 fully saturated rings. The van der Waals surface area contributed by atoms with Gasteiger partial charge in [-0.05, 0) is 20.3 Å². The van der Waals surface area contributed by atoms with Gasteiger partial charge in [-0.1, -0.05) is 18.6 Å². The molecule has 0 saturated heterocycles. The average Bonchev–Trinajstić information content (AvgIpc) is 2.12. The Morgan fingerprint density at radius 1 is 1.50 bits per heavy atom. The third-order valence-electron chi connectivity index (χ3n) is 2.36. The molecular formula is C12H18O2. The Balaban J connectivity index is 2.86. The van der Waals surface area contributed by atoms with E-state index in [2.05, 4.69) is 19.9 Å². The summed E-state index contributed by atoms with van der Waals surface area (Å²) in [6.45, 7) is 6.69. The van der Waals surface area contributed by atoms with Crippen molar-refractivity contribution in [2.24, 2.45) is 5.92 Å². The molecular weight excluding hydrogens is 176 g/mol. The van der Waals surface area contributed by atoms with E-state index in [4.69, 9.17) is 4.74 Å². The Morgan fingerprint density at radius 2 is 2.21 bits per heavy atom. The summed E-state index contributed by atoms with van der Waals surface area (Å²) in [6, 6.07) is 0. The van der Waals surface area contributed by atoms with E-state index in [9.17, 15) is 4.79 Å². The Bertz CT molecular complexity index is 274. The molecule has 0 heterocycles. The molecule has 1 atom stereocenters. The van der Waals surface area contributed by atoms with E-state index >= 15 is 0 Å². The number of ketones is 1. The van der Waals surface area contributed by atoms with Crippen LogP contribution in [-0.2, 0) is 9.53 Å². The van der Waals surface area contributed by atoms with E-state index in [1.54, 1.807) is 6.08 Å². The lowest BCUT2D eigenvalue weighted by atomic mass is 9.97. The van der Waals surface area contributed by atoms with Crippen molar-refractivity contribution in [2.75, 3.05) is 6.61 Å². The molecule has 2 nitrogen and oxygen atoms in total. The summed E-state index contributed by atoms with van der Waals surface area (Å²) in [4.78, 5) is 11.4. The summed E-state index contributed by atoms with van der Waals surface area (Å²) in [5, 5.41) is 0. The summed E-state index contributed by atoms with van der Waals surface area (Å²) in [7, 11) is 0. The van der Waals surface area contributed by atoms with Crippen LogP contribution in [0.5, 0.6) is 0 Å². The lowest BCUT2D eigenvalue weighted by molar-refractivity contribution is -0.114. The zero-order valence-electron chi connectivity index (χ0n) is 9.17.